The topological polar surface area (TPSA) is 62.1 Å². The highest BCUT2D eigenvalue weighted by atomic mass is 32.1. The summed E-state index contributed by atoms with van der Waals surface area (Å²) in [6, 6.07) is 5.43. The third-order valence-electron chi connectivity index (χ3n) is 4.22. The van der Waals surface area contributed by atoms with Crippen LogP contribution in [0, 0.1) is 6.92 Å². The van der Waals surface area contributed by atoms with E-state index in [4.69, 9.17) is 4.74 Å². The predicted molar refractivity (Wildman–Crippen MR) is 100 cm³/mol. The number of fused-ring (bicyclic) bond motifs is 1. The van der Waals surface area contributed by atoms with E-state index >= 15 is 0 Å². The van der Waals surface area contributed by atoms with E-state index < -0.39 is 0 Å². The number of carbonyl (C=O) groups excluding carboxylic acids is 1. The number of hydrogen-bond acceptors (Lipinski definition) is 6. The molecule has 0 fully saturated rings. The first-order valence-corrected chi connectivity index (χ1v) is 9.15. The molecule has 0 spiro atoms. The Morgan fingerprint density at radius 2 is 2.28 bits per heavy atom. The molecule has 1 aliphatic rings. The summed E-state index contributed by atoms with van der Waals surface area (Å²) < 4.78 is 5.24. The highest BCUT2D eigenvalue weighted by Gasteiger charge is 2.27. The Morgan fingerprint density at radius 3 is 3.00 bits per heavy atom. The Kier molecular flexibility index (Phi) is 5.20. The molecule has 0 bridgehead atoms. The lowest BCUT2D eigenvalue weighted by molar-refractivity contribution is 0.0526. The van der Waals surface area contributed by atoms with Crippen LogP contribution in [0.5, 0.6) is 5.75 Å². The second kappa shape index (κ2) is 7.37. The van der Waals surface area contributed by atoms with Gasteiger partial charge in [0.2, 0.25) is 0 Å². The molecule has 0 aliphatic carbocycles. The van der Waals surface area contributed by atoms with E-state index in [0.29, 0.717) is 22.7 Å². The molecule has 0 amide bonds. The number of phenols is 1. The lowest BCUT2D eigenvalue weighted by Crippen LogP contribution is -2.26. The van der Waals surface area contributed by atoms with Crippen molar-refractivity contribution in [2.24, 2.45) is 4.99 Å². The minimum absolute atomic E-state index is 0.183. The monoisotopic (exact) mass is 358 g/mol. The number of likely N-dealkylation sites (N-methyl/N-ethyl adjacent to an activating group) is 1. The number of benzene rings is 1. The van der Waals surface area contributed by atoms with Crippen LogP contribution in [0.4, 0.5) is 5.00 Å². The van der Waals surface area contributed by atoms with Crippen LogP contribution in [-0.4, -0.2) is 42.4 Å². The molecule has 132 valence electrons. The maximum atomic E-state index is 12.5. The van der Waals surface area contributed by atoms with Crippen LogP contribution in [0.3, 0.4) is 0 Å². The number of ether oxygens (including phenoxy) is 1. The third-order valence-corrected chi connectivity index (χ3v) is 5.34. The molecule has 5 nitrogen and oxygen atoms in total. The summed E-state index contributed by atoms with van der Waals surface area (Å²) in [5.41, 5.74) is 3.25. The first-order chi connectivity index (χ1) is 12.0. The van der Waals surface area contributed by atoms with Crippen molar-refractivity contribution >= 4 is 28.5 Å². The zero-order valence-corrected chi connectivity index (χ0v) is 15.5. The number of thiophene rings is 1. The summed E-state index contributed by atoms with van der Waals surface area (Å²) in [6.07, 6.45) is 2.43. The first kappa shape index (κ1) is 17.6. The maximum absolute atomic E-state index is 12.5. The summed E-state index contributed by atoms with van der Waals surface area (Å²) in [6.45, 7) is 5.79. The molecule has 0 saturated heterocycles. The number of hydrogen-bond donors (Lipinski definition) is 1. The molecule has 6 heteroatoms. The Bertz CT molecular complexity index is 826. The fourth-order valence-electron chi connectivity index (χ4n) is 2.91. The average Bonchev–Trinajstić information content (AvgIpc) is 2.91. The van der Waals surface area contributed by atoms with Crippen LogP contribution in [0.2, 0.25) is 0 Å². The number of carbonyl (C=O) groups is 1. The van der Waals surface area contributed by atoms with Crippen LogP contribution in [-0.2, 0) is 17.7 Å². The standard InChI is InChI=1S/C19H22N2O3S/c1-4-24-19(23)17-14-7-8-21(3)11-16(14)25-18(17)20-10-13-6-5-12(2)9-15(13)22/h5-6,9-10,22H,4,7-8,11H2,1-3H3/b20-10+. The van der Waals surface area contributed by atoms with Gasteiger partial charge in [0.1, 0.15) is 10.8 Å². The molecule has 3 rings (SSSR count). The molecule has 25 heavy (non-hydrogen) atoms. The molecule has 0 radical (unpaired) electrons. The van der Waals surface area contributed by atoms with Gasteiger partial charge in [-0.15, -0.1) is 11.3 Å². The van der Waals surface area contributed by atoms with E-state index in [1.807, 2.05) is 19.1 Å². The molecule has 0 atom stereocenters. The van der Waals surface area contributed by atoms with Crippen molar-refractivity contribution < 1.29 is 14.6 Å². The van der Waals surface area contributed by atoms with E-state index in [9.17, 15) is 9.90 Å². The van der Waals surface area contributed by atoms with Crippen LogP contribution in [0.1, 0.15) is 38.8 Å². The van der Waals surface area contributed by atoms with Gasteiger partial charge in [-0.3, -0.25) is 0 Å². The van der Waals surface area contributed by atoms with Gasteiger partial charge in [0.15, 0.2) is 0 Å². The smallest absolute Gasteiger partial charge is 0.341 e. The van der Waals surface area contributed by atoms with E-state index in [0.717, 1.165) is 35.5 Å². The van der Waals surface area contributed by atoms with Crippen molar-refractivity contribution in [1.82, 2.24) is 4.90 Å². The third kappa shape index (κ3) is 3.75. The van der Waals surface area contributed by atoms with Crippen LogP contribution in [0.25, 0.3) is 0 Å². The van der Waals surface area contributed by atoms with E-state index in [1.165, 1.54) is 11.3 Å². The Morgan fingerprint density at radius 1 is 1.48 bits per heavy atom. The van der Waals surface area contributed by atoms with E-state index in [2.05, 4.69) is 16.9 Å². The number of aliphatic imine (C=N–C) groups is 1. The summed E-state index contributed by atoms with van der Waals surface area (Å²) in [4.78, 5) is 20.4. The average molecular weight is 358 g/mol. The largest absolute Gasteiger partial charge is 0.507 e. The number of aryl methyl sites for hydroxylation is 1. The van der Waals surface area contributed by atoms with Crippen molar-refractivity contribution in [3.63, 3.8) is 0 Å². The Hall–Kier alpha value is -2.18. The fraction of sp³-hybridized carbons (Fsp3) is 0.368. The molecule has 0 saturated carbocycles. The van der Waals surface area contributed by atoms with Crippen LogP contribution < -0.4 is 0 Å². The normalized spacial score (nSPS) is 14.7. The summed E-state index contributed by atoms with van der Waals surface area (Å²) in [5, 5.41) is 10.7. The molecular formula is C19H22N2O3S. The van der Waals surface area contributed by atoms with Gasteiger partial charge in [-0.25, -0.2) is 9.79 Å². The molecule has 1 aromatic heterocycles. The molecule has 2 heterocycles. The van der Waals surface area contributed by atoms with Crippen LogP contribution in [0.15, 0.2) is 23.2 Å². The van der Waals surface area contributed by atoms with Crippen molar-refractivity contribution in [2.75, 3.05) is 20.2 Å². The summed E-state index contributed by atoms with van der Waals surface area (Å²) in [7, 11) is 2.07. The molecule has 2 aromatic rings. The minimum Gasteiger partial charge on any atom is -0.507 e. The quantitative estimate of drug-likeness (QED) is 0.669. The van der Waals surface area contributed by atoms with Crippen molar-refractivity contribution in [2.45, 2.75) is 26.8 Å². The van der Waals surface area contributed by atoms with Crippen molar-refractivity contribution in [1.29, 1.82) is 0 Å². The highest BCUT2D eigenvalue weighted by molar-refractivity contribution is 7.16. The SMILES string of the molecule is CCOC(=O)c1c(/N=C/c2ccc(C)cc2O)sc2c1CCN(C)C2. The van der Waals surface area contributed by atoms with Crippen molar-refractivity contribution in [3.8, 4) is 5.75 Å². The Balaban J connectivity index is 1.99. The minimum atomic E-state index is -0.315. The number of aromatic hydroxyl groups is 1. The van der Waals surface area contributed by atoms with Gasteiger partial charge < -0.3 is 14.7 Å². The van der Waals surface area contributed by atoms with Crippen molar-refractivity contribution in [3.05, 3.63) is 45.3 Å². The molecule has 1 N–H and O–H groups in total. The zero-order chi connectivity index (χ0) is 18.0. The number of nitrogens with zero attached hydrogens (tertiary/aromatic N) is 2. The highest BCUT2D eigenvalue weighted by Crippen LogP contribution is 2.39. The number of phenolic OH excluding ortho intramolecular Hbond substituents is 1. The fourth-order valence-corrected chi connectivity index (χ4v) is 4.17. The van der Waals surface area contributed by atoms with E-state index in [1.54, 1.807) is 19.2 Å². The molecular weight excluding hydrogens is 336 g/mol. The number of rotatable bonds is 4. The van der Waals surface area contributed by atoms with Gasteiger partial charge in [-0.2, -0.15) is 0 Å². The molecule has 1 aromatic carbocycles. The van der Waals surface area contributed by atoms with Gasteiger partial charge in [0, 0.05) is 29.7 Å². The van der Waals surface area contributed by atoms with Gasteiger partial charge in [-0.1, -0.05) is 6.07 Å². The number of esters is 1. The predicted octanol–water partition coefficient (Wildman–Crippen LogP) is 3.68. The molecule has 1 aliphatic heterocycles. The first-order valence-electron chi connectivity index (χ1n) is 8.33. The van der Waals surface area contributed by atoms with Gasteiger partial charge in [-0.05, 0) is 50.6 Å². The summed E-state index contributed by atoms with van der Waals surface area (Å²) in [5.74, 6) is -0.132. The second-order valence-electron chi connectivity index (χ2n) is 6.21. The lowest BCUT2D eigenvalue weighted by atomic mass is 10.0. The molecule has 0 unspecified atom stereocenters. The summed E-state index contributed by atoms with van der Waals surface area (Å²) >= 11 is 1.53. The lowest BCUT2D eigenvalue weighted by Gasteiger charge is -2.22. The van der Waals surface area contributed by atoms with Gasteiger partial charge in [0.05, 0.1) is 12.2 Å². The Labute approximate surface area is 151 Å². The maximum Gasteiger partial charge on any atom is 0.341 e. The van der Waals surface area contributed by atoms with Gasteiger partial charge >= 0.3 is 5.97 Å². The van der Waals surface area contributed by atoms with Gasteiger partial charge in [0.25, 0.3) is 0 Å². The zero-order valence-electron chi connectivity index (χ0n) is 14.7. The van der Waals surface area contributed by atoms with Crippen LogP contribution >= 0.6 is 11.3 Å². The second-order valence-corrected chi connectivity index (χ2v) is 7.30. The van der Waals surface area contributed by atoms with E-state index in [-0.39, 0.29) is 11.7 Å².